The number of furan rings is 1. The molecule has 0 aliphatic heterocycles. The fourth-order valence-electron chi connectivity index (χ4n) is 3.34. The van der Waals surface area contributed by atoms with Crippen molar-refractivity contribution in [2.45, 2.75) is 27.7 Å². The maximum atomic E-state index is 13.1. The topological polar surface area (TPSA) is 110 Å². The van der Waals surface area contributed by atoms with Crippen LogP contribution in [0.15, 0.2) is 45.3 Å². The Morgan fingerprint density at radius 3 is 2.23 bits per heavy atom. The smallest absolute Gasteiger partial charge is 0.259 e. The van der Waals surface area contributed by atoms with Crippen LogP contribution in [0.1, 0.15) is 34.5 Å². The molecular weight excluding hydrogens is 384 g/mol. The van der Waals surface area contributed by atoms with Crippen LogP contribution < -0.4 is 10.6 Å². The summed E-state index contributed by atoms with van der Waals surface area (Å²) in [5.41, 5.74) is 3.86. The van der Waals surface area contributed by atoms with Crippen LogP contribution in [0.25, 0.3) is 22.4 Å². The van der Waals surface area contributed by atoms with E-state index in [9.17, 15) is 9.59 Å². The first-order valence-electron chi connectivity index (χ1n) is 9.35. The molecule has 0 aliphatic carbocycles. The normalized spacial score (nSPS) is 10.9. The fourth-order valence-corrected chi connectivity index (χ4v) is 3.34. The van der Waals surface area contributed by atoms with Crippen molar-refractivity contribution in [1.29, 1.82) is 0 Å². The number of rotatable bonds is 4. The van der Waals surface area contributed by atoms with Gasteiger partial charge in [0.2, 0.25) is 5.91 Å². The summed E-state index contributed by atoms with van der Waals surface area (Å²) in [4.78, 5) is 28.8. The maximum Gasteiger partial charge on any atom is 0.259 e. The van der Waals surface area contributed by atoms with Crippen molar-refractivity contribution in [3.8, 4) is 11.3 Å². The predicted molar refractivity (Wildman–Crippen MR) is 112 cm³/mol. The lowest BCUT2D eigenvalue weighted by Crippen LogP contribution is -2.13. The van der Waals surface area contributed by atoms with Gasteiger partial charge in [-0.3, -0.25) is 9.59 Å². The van der Waals surface area contributed by atoms with Crippen LogP contribution >= 0.6 is 0 Å². The highest BCUT2D eigenvalue weighted by Crippen LogP contribution is 2.31. The van der Waals surface area contributed by atoms with Gasteiger partial charge in [0.05, 0.1) is 22.3 Å². The number of hydrogen-bond acceptors (Lipinski definition) is 6. The number of pyridine rings is 1. The molecule has 3 aromatic heterocycles. The highest BCUT2D eigenvalue weighted by Gasteiger charge is 2.21. The quantitative estimate of drug-likeness (QED) is 0.514. The van der Waals surface area contributed by atoms with Crippen LogP contribution in [0.2, 0.25) is 0 Å². The number of nitrogens with zero attached hydrogens (tertiary/aromatic N) is 2. The van der Waals surface area contributed by atoms with E-state index in [1.165, 1.54) is 6.92 Å². The Balaban J connectivity index is 1.71. The largest absolute Gasteiger partial charge is 0.466 e. The average Bonchev–Trinajstić information content (AvgIpc) is 3.23. The molecule has 30 heavy (non-hydrogen) atoms. The first-order valence-corrected chi connectivity index (χ1v) is 9.35. The summed E-state index contributed by atoms with van der Waals surface area (Å²) in [6, 6.07) is 10.4. The Kier molecular flexibility index (Phi) is 4.83. The van der Waals surface area contributed by atoms with Crippen molar-refractivity contribution < 1.29 is 18.5 Å². The number of carbonyl (C=O) groups excluding carboxylic acids is 2. The highest BCUT2D eigenvalue weighted by atomic mass is 16.5. The molecule has 4 rings (SSSR count). The Morgan fingerprint density at radius 1 is 0.967 bits per heavy atom. The lowest BCUT2D eigenvalue weighted by molar-refractivity contribution is -0.114. The molecule has 2 N–H and O–H groups in total. The lowest BCUT2D eigenvalue weighted by atomic mass is 10.1. The number of nitrogens with one attached hydrogen (secondary N) is 2. The molecule has 8 nitrogen and oxygen atoms in total. The zero-order chi connectivity index (χ0) is 21.4. The van der Waals surface area contributed by atoms with E-state index in [-0.39, 0.29) is 17.5 Å². The van der Waals surface area contributed by atoms with Crippen molar-refractivity contribution in [2.24, 2.45) is 0 Å². The number of benzene rings is 1. The third kappa shape index (κ3) is 3.67. The molecule has 3 heterocycles. The molecule has 2 amide bonds. The van der Waals surface area contributed by atoms with Gasteiger partial charge in [-0.05, 0) is 57.2 Å². The third-order valence-electron chi connectivity index (χ3n) is 4.64. The number of hydrogen-bond donors (Lipinski definition) is 2. The van der Waals surface area contributed by atoms with Gasteiger partial charge in [0.15, 0.2) is 0 Å². The van der Waals surface area contributed by atoms with Gasteiger partial charge >= 0.3 is 0 Å². The third-order valence-corrected chi connectivity index (χ3v) is 4.64. The summed E-state index contributed by atoms with van der Waals surface area (Å²) >= 11 is 0. The van der Waals surface area contributed by atoms with E-state index in [4.69, 9.17) is 8.94 Å². The van der Waals surface area contributed by atoms with Gasteiger partial charge in [0, 0.05) is 23.9 Å². The van der Waals surface area contributed by atoms with Gasteiger partial charge < -0.3 is 19.6 Å². The van der Waals surface area contributed by atoms with Crippen LogP contribution in [0.4, 0.5) is 11.4 Å². The van der Waals surface area contributed by atoms with E-state index in [2.05, 4.69) is 20.8 Å². The highest BCUT2D eigenvalue weighted by molar-refractivity contribution is 6.13. The molecule has 0 radical (unpaired) electrons. The van der Waals surface area contributed by atoms with E-state index < -0.39 is 0 Å². The second-order valence-corrected chi connectivity index (χ2v) is 7.04. The number of aromatic nitrogens is 2. The summed E-state index contributed by atoms with van der Waals surface area (Å²) in [6.07, 6.45) is 0. The SMILES string of the molecule is CC(=O)Nc1ccc(NC(=O)c2cc(-c3cc(C)oc3C)nc3onc(C)c23)cc1. The van der Waals surface area contributed by atoms with Crippen LogP contribution in [0, 0.1) is 20.8 Å². The van der Waals surface area contributed by atoms with Crippen molar-refractivity contribution >= 4 is 34.3 Å². The van der Waals surface area contributed by atoms with E-state index in [1.807, 2.05) is 19.9 Å². The number of amides is 2. The first-order chi connectivity index (χ1) is 14.3. The monoisotopic (exact) mass is 404 g/mol. The maximum absolute atomic E-state index is 13.1. The molecule has 0 spiro atoms. The number of carbonyl (C=O) groups is 2. The van der Waals surface area contributed by atoms with Gasteiger partial charge in [-0.15, -0.1) is 0 Å². The van der Waals surface area contributed by atoms with E-state index in [0.29, 0.717) is 39.5 Å². The van der Waals surface area contributed by atoms with E-state index >= 15 is 0 Å². The molecule has 0 bridgehead atoms. The Labute approximate surface area is 172 Å². The number of anilines is 2. The minimum Gasteiger partial charge on any atom is -0.466 e. The molecule has 152 valence electrons. The first kappa shape index (κ1) is 19.4. The fraction of sp³-hybridized carbons (Fsp3) is 0.182. The number of aryl methyl sites for hydroxylation is 3. The summed E-state index contributed by atoms with van der Waals surface area (Å²) < 4.78 is 10.9. The van der Waals surface area contributed by atoms with Gasteiger partial charge in [-0.2, -0.15) is 0 Å². The molecule has 4 aromatic rings. The summed E-state index contributed by atoms with van der Waals surface area (Å²) in [7, 11) is 0. The van der Waals surface area contributed by atoms with Crippen LogP contribution in [0.3, 0.4) is 0 Å². The zero-order valence-electron chi connectivity index (χ0n) is 17.0. The molecule has 1 aromatic carbocycles. The van der Waals surface area contributed by atoms with Crippen LogP contribution in [-0.2, 0) is 4.79 Å². The Morgan fingerprint density at radius 2 is 1.63 bits per heavy atom. The van der Waals surface area contributed by atoms with E-state index in [0.717, 1.165) is 11.3 Å². The molecule has 0 atom stereocenters. The van der Waals surface area contributed by atoms with Crippen molar-refractivity contribution in [1.82, 2.24) is 10.1 Å². The molecule has 0 saturated carbocycles. The van der Waals surface area contributed by atoms with Gasteiger partial charge in [-0.25, -0.2) is 4.98 Å². The minimum absolute atomic E-state index is 0.161. The molecule has 0 aliphatic rings. The minimum atomic E-state index is -0.319. The average molecular weight is 404 g/mol. The second-order valence-electron chi connectivity index (χ2n) is 7.04. The molecular formula is C22H20N4O4. The van der Waals surface area contributed by atoms with E-state index in [1.54, 1.807) is 37.3 Å². The Hall–Kier alpha value is -3.94. The lowest BCUT2D eigenvalue weighted by Gasteiger charge is -2.09. The van der Waals surface area contributed by atoms with Gasteiger partial charge in [0.1, 0.15) is 11.5 Å². The summed E-state index contributed by atoms with van der Waals surface area (Å²) in [5.74, 6) is 0.977. The van der Waals surface area contributed by atoms with Crippen LogP contribution in [-0.4, -0.2) is 22.0 Å². The van der Waals surface area contributed by atoms with Crippen LogP contribution in [0.5, 0.6) is 0 Å². The summed E-state index contributed by atoms with van der Waals surface area (Å²) in [5, 5.41) is 10.1. The zero-order valence-corrected chi connectivity index (χ0v) is 17.0. The van der Waals surface area contributed by atoms with Gasteiger partial charge in [0.25, 0.3) is 11.6 Å². The van der Waals surface area contributed by atoms with Crippen molar-refractivity contribution in [3.05, 3.63) is 59.2 Å². The van der Waals surface area contributed by atoms with Gasteiger partial charge in [-0.1, -0.05) is 5.16 Å². The van der Waals surface area contributed by atoms with Crippen molar-refractivity contribution in [3.63, 3.8) is 0 Å². The molecule has 8 heteroatoms. The second kappa shape index (κ2) is 7.47. The number of fused-ring (bicyclic) bond motifs is 1. The van der Waals surface area contributed by atoms with Crippen molar-refractivity contribution in [2.75, 3.05) is 10.6 Å². The standard InChI is InChI=1S/C22H20N4O4/c1-11-9-17(13(3)29-11)19-10-18(20-12(2)26-30-22(20)25-19)21(28)24-16-7-5-15(6-8-16)23-14(4)27/h5-10H,1-4H3,(H,23,27)(H,24,28). The summed E-state index contributed by atoms with van der Waals surface area (Å²) in [6.45, 7) is 6.90. The molecule has 0 saturated heterocycles. The molecule has 0 unspecified atom stereocenters. The Bertz CT molecular complexity index is 1270. The predicted octanol–water partition coefficient (Wildman–Crippen LogP) is 4.62. The molecule has 0 fully saturated rings.